The Morgan fingerprint density at radius 2 is 1.96 bits per heavy atom. The second kappa shape index (κ2) is 11.3. The largest absolute Gasteiger partial charge is 0.466 e. The van der Waals surface area contributed by atoms with Crippen molar-refractivity contribution < 1.29 is 19.0 Å². The summed E-state index contributed by atoms with van der Waals surface area (Å²) < 4.78 is 16.8. The van der Waals surface area contributed by atoms with Crippen molar-refractivity contribution >= 4 is 5.97 Å². The molecule has 0 spiro atoms. The molecular formula is C24H42O4. The molecule has 0 saturated heterocycles. The third-order valence-corrected chi connectivity index (χ3v) is 7.14. The number of esters is 1. The fraction of sp³-hybridized carbons (Fsp3) is 0.875. The highest BCUT2D eigenvalue weighted by Gasteiger charge is 2.55. The van der Waals surface area contributed by atoms with E-state index in [1.807, 2.05) is 6.92 Å². The lowest BCUT2D eigenvalue weighted by Gasteiger charge is -2.52. The molecule has 0 aromatic carbocycles. The summed E-state index contributed by atoms with van der Waals surface area (Å²) in [5.41, 5.74) is -0.477. The second-order valence-corrected chi connectivity index (χ2v) is 8.97. The molecule has 0 bridgehead atoms. The SMILES string of the molecule is CCCCCC[C@@H](C)C1C=CC2C(OCOC)CCCC2C1(C)C(=O)OCC. The van der Waals surface area contributed by atoms with Crippen LogP contribution in [0.3, 0.4) is 0 Å². The molecule has 0 heterocycles. The Balaban J connectivity index is 2.24. The van der Waals surface area contributed by atoms with Gasteiger partial charge >= 0.3 is 5.97 Å². The predicted octanol–water partition coefficient (Wildman–Crippen LogP) is 5.75. The highest BCUT2D eigenvalue weighted by Crippen LogP contribution is 2.54. The maximum Gasteiger partial charge on any atom is 0.312 e. The maximum absolute atomic E-state index is 13.3. The third-order valence-electron chi connectivity index (χ3n) is 7.14. The zero-order chi connectivity index (χ0) is 20.6. The van der Waals surface area contributed by atoms with Crippen LogP contribution in [0.2, 0.25) is 0 Å². The van der Waals surface area contributed by atoms with Crippen LogP contribution in [0, 0.1) is 29.1 Å². The molecule has 4 heteroatoms. The number of methoxy groups -OCH3 is 1. The van der Waals surface area contributed by atoms with Crippen molar-refractivity contribution in [2.24, 2.45) is 29.1 Å². The van der Waals surface area contributed by atoms with Crippen LogP contribution >= 0.6 is 0 Å². The minimum Gasteiger partial charge on any atom is -0.466 e. The summed E-state index contributed by atoms with van der Waals surface area (Å²) in [7, 11) is 1.66. The topological polar surface area (TPSA) is 44.8 Å². The van der Waals surface area contributed by atoms with Crippen LogP contribution < -0.4 is 0 Å². The summed E-state index contributed by atoms with van der Waals surface area (Å²) in [5.74, 6) is 1.23. The molecule has 0 N–H and O–H groups in total. The molecule has 2 aliphatic rings. The van der Waals surface area contributed by atoms with Gasteiger partial charge in [0.2, 0.25) is 0 Å². The van der Waals surface area contributed by atoms with Crippen molar-refractivity contribution in [3.63, 3.8) is 0 Å². The Morgan fingerprint density at radius 3 is 2.64 bits per heavy atom. The number of hydrogen-bond donors (Lipinski definition) is 0. The van der Waals surface area contributed by atoms with Crippen molar-refractivity contribution in [2.45, 2.75) is 85.2 Å². The average Bonchev–Trinajstić information content (AvgIpc) is 2.70. The average molecular weight is 395 g/mol. The fourth-order valence-electron chi connectivity index (χ4n) is 5.61. The van der Waals surface area contributed by atoms with Gasteiger partial charge in [-0.05, 0) is 44.4 Å². The van der Waals surface area contributed by atoms with Crippen LogP contribution in [0.4, 0.5) is 0 Å². The molecule has 2 aliphatic carbocycles. The molecule has 2 rings (SSSR count). The quantitative estimate of drug-likeness (QED) is 0.194. The van der Waals surface area contributed by atoms with E-state index < -0.39 is 5.41 Å². The normalized spacial score (nSPS) is 33.3. The van der Waals surface area contributed by atoms with Crippen LogP contribution in [-0.2, 0) is 19.0 Å². The van der Waals surface area contributed by atoms with E-state index in [4.69, 9.17) is 14.2 Å². The van der Waals surface area contributed by atoms with Gasteiger partial charge in [-0.15, -0.1) is 0 Å². The van der Waals surface area contributed by atoms with Gasteiger partial charge < -0.3 is 14.2 Å². The van der Waals surface area contributed by atoms with Crippen LogP contribution in [0.1, 0.15) is 79.1 Å². The van der Waals surface area contributed by atoms with E-state index in [2.05, 4.69) is 32.9 Å². The highest BCUT2D eigenvalue weighted by atomic mass is 16.7. The van der Waals surface area contributed by atoms with E-state index in [1.165, 1.54) is 32.1 Å². The van der Waals surface area contributed by atoms with E-state index in [0.29, 0.717) is 19.3 Å². The summed E-state index contributed by atoms with van der Waals surface area (Å²) >= 11 is 0. The predicted molar refractivity (Wildman–Crippen MR) is 113 cm³/mol. The molecule has 162 valence electrons. The van der Waals surface area contributed by atoms with Gasteiger partial charge in [-0.3, -0.25) is 4.79 Å². The first-order valence-electron chi connectivity index (χ1n) is 11.5. The third kappa shape index (κ3) is 5.18. The molecular weight excluding hydrogens is 352 g/mol. The summed E-state index contributed by atoms with van der Waals surface area (Å²) in [4.78, 5) is 13.3. The number of fused-ring (bicyclic) bond motifs is 1. The fourth-order valence-corrected chi connectivity index (χ4v) is 5.61. The lowest BCUT2D eigenvalue weighted by molar-refractivity contribution is -0.172. The Kier molecular flexibility index (Phi) is 9.49. The van der Waals surface area contributed by atoms with Crippen molar-refractivity contribution in [3.05, 3.63) is 12.2 Å². The lowest BCUT2D eigenvalue weighted by atomic mass is 9.53. The van der Waals surface area contributed by atoms with Gasteiger partial charge in [0, 0.05) is 13.0 Å². The van der Waals surface area contributed by atoms with Gasteiger partial charge in [0.05, 0.1) is 18.1 Å². The Labute approximate surface area is 172 Å². The molecule has 4 nitrogen and oxygen atoms in total. The molecule has 5 unspecified atom stereocenters. The van der Waals surface area contributed by atoms with E-state index in [0.717, 1.165) is 19.3 Å². The maximum atomic E-state index is 13.3. The van der Waals surface area contributed by atoms with Crippen molar-refractivity contribution in [2.75, 3.05) is 20.5 Å². The minimum atomic E-state index is -0.477. The first-order chi connectivity index (χ1) is 13.5. The van der Waals surface area contributed by atoms with Gasteiger partial charge in [-0.2, -0.15) is 0 Å². The number of hydrogen-bond acceptors (Lipinski definition) is 4. The van der Waals surface area contributed by atoms with Crippen LogP contribution in [0.15, 0.2) is 12.2 Å². The minimum absolute atomic E-state index is 0.0212. The number of unbranched alkanes of at least 4 members (excludes halogenated alkanes) is 3. The number of carbonyl (C=O) groups excluding carboxylic acids is 1. The van der Waals surface area contributed by atoms with E-state index >= 15 is 0 Å². The van der Waals surface area contributed by atoms with Gasteiger partial charge in [0.1, 0.15) is 6.79 Å². The first-order valence-corrected chi connectivity index (χ1v) is 11.5. The zero-order valence-corrected chi connectivity index (χ0v) is 18.7. The molecule has 6 atom stereocenters. The molecule has 0 aromatic heterocycles. The number of ether oxygens (including phenoxy) is 3. The van der Waals surface area contributed by atoms with Crippen LogP contribution in [0.25, 0.3) is 0 Å². The monoisotopic (exact) mass is 394 g/mol. The highest BCUT2D eigenvalue weighted by molar-refractivity contribution is 5.78. The summed E-state index contributed by atoms with van der Waals surface area (Å²) in [6.45, 7) is 9.40. The van der Waals surface area contributed by atoms with Gasteiger partial charge in [0.25, 0.3) is 0 Å². The Bertz CT molecular complexity index is 503. The summed E-state index contributed by atoms with van der Waals surface area (Å²) in [6.07, 6.45) is 14.2. The van der Waals surface area contributed by atoms with E-state index in [9.17, 15) is 4.79 Å². The standard InChI is InChI=1S/C24H42O4/c1-6-8-9-10-12-18(3)20-16-15-19-21(24(20,4)23(25)27-7-2)13-11-14-22(19)28-17-26-5/h15-16,18-22H,6-14,17H2,1-5H3/t18-,19?,20?,21?,22?,24?/m1/s1. The summed E-state index contributed by atoms with van der Waals surface area (Å²) in [6, 6.07) is 0. The van der Waals surface area contributed by atoms with Crippen molar-refractivity contribution in [1.82, 2.24) is 0 Å². The van der Waals surface area contributed by atoms with Crippen LogP contribution in [0.5, 0.6) is 0 Å². The number of carbonyl (C=O) groups is 1. The lowest BCUT2D eigenvalue weighted by Crippen LogP contribution is -2.53. The Morgan fingerprint density at radius 1 is 1.18 bits per heavy atom. The molecule has 1 fully saturated rings. The molecule has 0 aromatic rings. The Hall–Kier alpha value is -0.870. The smallest absolute Gasteiger partial charge is 0.312 e. The molecule has 28 heavy (non-hydrogen) atoms. The number of allylic oxidation sites excluding steroid dienone is 1. The zero-order valence-electron chi connectivity index (χ0n) is 18.7. The van der Waals surface area contributed by atoms with Gasteiger partial charge in [0.15, 0.2) is 0 Å². The van der Waals surface area contributed by atoms with E-state index in [-0.39, 0.29) is 29.8 Å². The summed E-state index contributed by atoms with van der Waals surface area (Å²) in [5, 5.41) is 0. The van der Waals surface area contributed by atoms with E-state index in [1.54, 1.807) is 7.11 Å². The molecule has 0 radical (unpaired) electrons. The second-order valence-electron chi connectivity index (χ2n) is 8.97. The van der Waals surface area contributed by atoms with Crippen molar-refractivity contribution in [1.29, 1.82) is 0 Å². The molecule has 0 amide bonds. The number of rotatable bonds is 11. The van der Waals surface area contributed by atoms with Crippen molar-refractivity contribution in [3.8, 4) is 0 Å². The molecule has 1 saturated carbocycles. The van der Waals surface area contributed by atoms with Gasteiger partial charge in [-0.1, -0.05) is 64.5 Å². The first kappa shape index (κ1) is 23.4. The van der Waals surface area contributed by atoms with Crippen LogP contribution in [-0.4, -0.2) is 32.6 Å². The molecule has 0 aliphatic heterocycles. The van der Waals surface area contributed by atoms with Gasteiger partial charge in [-0.25, -0.2) is 0 Å².